The van der Waals surface area contributed by atoms with Crippen molar-refractivity contribution < 1.29 is 0 Å². The fourth-order valence-corrected chi connectivity index (χ4v) is 1.51. The summed E-state index contributed by atoms with van der Waals surface area (Å²) < 4.78 is 0. The Morgan fingerprint density at radius 1 is 1.25 bits per heavy atom. The molecule has 2 N–H and O–H groups in total. The summed E-state index contributed by atoms with van der Waals surface area (Å²) in [4.78, 5) is 2.04. The topological polar surface area (TPSA) is 32.5 Å². The van der Waals surface area contributed by atoms with Crippen LogP contribution in [0, 0.1) is 0 Å². The largest absolute Gasteiger partial charge is 0.376 e. The SMILES string of the molecule is C=C\C=C(C)/C(=C(/C=C\C)N(C)C)N(C)N. The van der Waals surface area contributed by atoms with Crippen LogP contribution in [0.3, 0.4) is 0 Å². The first kappa shape index (κ1) is 14.5. The molecular weight excluding hydrogens is 198 g/mol. The normalized spacial score (nSPS) is 13.8. The van der Waals surface area contributed by atoms with Gasteiger partial charge in [-0.2, -0.15) is 0 Å². The van der Waals surface area contributed by atoms with Crippen molar-refractivity contribution >= 4 is 0 Å². The lowest BCUT2D eigenvalue weighted by atomic mass is 10.1. The fraction of sp³-hybridized carbons (Fsp3) is 0.385. The van der Waals surface area contributed by atoms with Gasteiger partial charge in [-0.1, -0.05) is 24.8 Å². The van der Waals surface area contributed by atoms with Crippen LogP contribution in [0.25, 0.3) is 0 Å². The molecule has 16 heavy (non-hydrogen) atoms. The lowest BCUT2D eigenvalue weighted by Gasteiger charge is -2.25. The molecule has 0 radical (unpaired) electrons. The molecule has 0 aromatic rings. The number of nitrogens with two attached hydrogens (primary N) is 1. The fourth-order valence-electron chi connectivity index (χ4n) is 1.51. The van der Waals surface area contributed by atoms with Gasteiger partial charge in [0.25, 0.3) is 0 Å². The van der Waals surface area contributed by atoms with Crippen LogP contribution in [-0.2, 0) is 0 Å². The lowest BCUT2D eigenvalue weighted by molar-refractivity contribution is 0.415. The molecule has 0 saturated heterocycles. The van der Waals surface area contributed by atoms with Crippen LogP contribution < -0.4 is 5.84 Å². The van der Waals surface area contributed by atoms with Gasteiger partial charge in [-0.05, 0) is 25.5 Å². The van der Waals surface area contributed by atoms with Gasteiger partial charge >= 0.3 is 0 Å². The molecule has 0 saturated carbocycles. The highest BCUT2D eigenvalue weighted by atomic mass is 15.4. The van der Waals surface area contributed by atoms with E-state index >= 15 is 0 Å². The predicted molar refractivity (Wildman–Crippen MR) is 71.4 cm³/mol. The third-order valence-electron chi connectivity index (χ3n) is 2.14. The average molecular weight is 221 g/mol. The molecule has 0 aliphatic heterocycles. The number of rotatable bonds is 5. The van der Waals surface area contributed by atoms with E-state index in [2.05, 4.69) is 6.58 Å². The zero-order valence-electron chi connectivity index (χ0n) is 11.0. The van der Waals surface area contributed by atoms with Crippen molar-refractivity contribution in [2.45, 2.75) is 13.8 Å². The number of hydrazine groups is 1. The van der Waals surface area contributed by atoms with Crippen molar-refractivity contribution in [1.29, 1.82) is 0 Å². The second-order valence-corrected chi connectivity index (χ2v) is 3.82. The van der Waals surface area contributed by atoms with Crippen molar-refractivity contribution in [1.82, 2.24) is 9.91 Å². The Balaban J connectivity index is 5.67. The van der Waals surface area contributed by atoms with Crippen LogP contribution in [0.4, 0.5) is 0 Å². The van der Waals surface area contributed by atoms with Crippen molar-refractivity contribution in [2.75, 3.05) is 21.1 Å². The first-order valence-corrected chi connectivity index (χ1v) is 5.28. The molecule has 0 rings (SSSR count). The quantitative estimate of drug-likeness (QED) is 0.439. The van der Waals surface area contributed by atoms with E-state index in [9.17, 15) is 0 Å². The molecule has 0 aromatic heterocycles. The molecule has 0 fully saturated rings. The van der Waals surface area contributed by atoms with Crippen LogP contribution in [0.1, 0.15) is 13.8 Å². The summed E-state index contributed by atoms with van der Waals surface area (Å²) in [7, 11) is 5.84. The van der Waals surface area contributed by atoms with Crippen LogP contribution in [0.5, 0.6) is 0 Å². The first-order valence-electron chi connectivity index (χ1n) is 5.28. The van der Waals surface area contributed by atoms with Gasteiger partial charge in [0.15, 0.2) is 0 Å². The van der Waals surface area contributed by atoms with Crippen molar-refractivity contribution in [3.63, 3.8) is 0 Å². The monoisotopic (exact) mass is 221 g/mol. The average Bonchev–Trinajstić information content (AvgIpc) is 2.16. The first-order chi connectivity index (χ1) is 7.45. The van der Waals surface area contributed by atoms with Gasteiger partial charge in [0, 0.05) is 21.1 Å². The van der Waals surface area contributed by atoms with E-state index in [0.29, 0.717) is 0 Å². The second kappa shape index (κ2) is 6.90. The Labute approximate surface area is 99.2 Å². The van der Waals surface area contributed by atoms with E-state index in [0.717, 1.165) is 17.0 Å². The van der Waals surface area contributed by atoms with E-state index in [1.807, 2.05) is 58.1 Å². The van der Waals surface area contributed by atoms with Crippen molar-refractivity contribution in [3.05, 3.63) is 47.9 Å². The van der Waals surface area contributed by atoms with Crippen LogP contribution in [-0.4, -0.2) is 31.1 Å². The maximum atomic E-state index is 5.88. The lowest BCUT2D eigenvalue weighted by Crippen LogP contribution is -2.29. The van der Waals surface area contributed by atoms with Crippen molar-refractivity contribution in [2.24, 2.45) is 5.84 Å². The van der Waals surface area contributed by atoms with Crippen molar-refractivity contribution in [3.8, 4) is 0 Å². The zero-order valence-corrected chi connectivity index (χ0v) is 11.0. The Morgan fingerprint density at radius 2 is 1.81 bits per heavy atom. The van der Waals surface area contributed by atoms with Gasteiger partial charge in [-0.15, -0.1) is 0 Å². The summed E-state index contributed by atoms with van der Waals surface area (Å²) in [6, 6.07) is 0. The maximum Gasteiger partial charge on any atom is 0.0776 e. The van der Waals surface area contributed by atoms with Crippen LogP contribution >= 0.6 is 0 Å². The van der Waals surface area contributed by atoms with Gasteiger partial charge in [0.1, 0.15) is 0 Å². The molecule has 0 amide bonds. The number of nitrogens with zero attached hydrogens (tertiary/aromatic N) is 2. The molecular formula is C13H23N3. The molecule has 0 bridgehead atoms. The Morgan fingerprint density at radius 3 is 2.12 bits per heavy atom. The molecule has 0 aliphatic rings. The molecule has 0 spiro atoms. The number of allylic oxidation sites excluding steroid dienone is 5. The van der Waals surface area contributed by atoms with Gasteiger partial charge in [-0.25, -0.2) is 5.84 Å². The molecule has 0 aliphatic carbocycles. The highest BCUT2D eigenvalue weighted by molar-refractivity contribution is 5.38. The number of likely N-dealkylation sites (N-methyl/N-ethyl adjacent to an activating group) is 2. The molecule has 0 unspecified atom stereocenters. The molecule has 3 nitrogen and oxygen atoms in total. The highest BCUT2D eigenvalue weighted by Gasteiger charge is 2.10. The molecule has 0 aromatic carbocycles. The summed E-state index contributed by atoms with van der Waals surface area (Å²) in [5.74, 6) is 5.88. The molecule has 0 heterocycles. The van der Waals surface area contributed by atoms with E-state index in [4.69, 9.17) is 5.84 Å². The van der Waals surface area contributed by atoms with Crippen LogP contribution in [0.2, 0.25) is 0 Å². The van der Waals surface area contributed by atoms with Gasteiger partial charge in [0.2, 0.25) is 0 Å². The van der Waals surface area contributed by atoms with Gasteiger partial charge in [-0.3, -0.25) is 0 Å². The third-order valence-corrected chi connectivity index (χ3v) is 2.14. The summed E-state index contributed by atoms with van der Waals surface area (Å²) in [5.41, 5.74) is 3.15. The van der Waals surface area contributed by atoms with E-state index in [1.54, 1.807) is 11.1 Å². The molecule has 3 heteroatoms. The highest BCUT2D eigenvalue weighted by Crippen LogP contribution is 2.18. The summed E-state index contributed by atoms with van der Waals surface area (Å²) in [6.07, 6.45) is 7.76. The number of hydrogen-bond acceptors (Lipinski definition) is 3. The summed E-state index contributed by atoms with van der Waals surface area (Å²) >= 11 is 0. The third kappa shape index (κ3) is 3.95. The Kier molecular flexibility index (Phi) is 6.27. The molecule has 0 atom stereocenters. The minimum atomic E-state index is 0.989. The van der Waals surface area contributed by atoms with Gasteiger partial charge in [0.05, 0.1) is 11.4 Å². The van der Waals surface area contributed by atoms with E-state index < -0.39 is 0 Å². The number of hydrogen-bond donors (Lipinski definition) is 1. The van der Waals surface area contributed by atoms with Crippen LogP contribution in [0.15, 0.2) is 47.9 Å². The standard InChI is InChI=1S/C13H23N3/c1-7-9-11(3)13(16(6)14)12(10-8-2)15(4)5/h7-10H,1,14H2,2-6H3/b10-8-,11-9-,13-12+. The van der Waals surface area contributed by atoms with E-state index in [-0.39, 0.29) is 0 Å². The Bertz CT molecular complexity index is 320. The minimum absolute atomic E-state index is 0.989. The second-order valence-electron chi connectivity index (χ2n) is 3.82. The smallest absolute Gasteiger partial charge is 0.0776 e. The predicted octanol–water partition coefficient (Wildman–Crippen LogP) is 2.27. The Hall–Kier alpha value is -1.48. The summed E-state index contributed by atoms with van der Waals surface area (Å²) in [5, 5.41) is 1.63. The van der Waals surface area contributed by atoms with E-state index in [1.165, 1.54) is 0 Å². The zero-order chi connectivity index (χ0) is 12.7. The summed E-state index contributed by atoms with van der Waals surface area (Å²) in [6.45, 7) is 7.71. The maximum absolute atomic E-state index is 5.88. The van der Waals surface area contributed by atoms with Gasteiger partial charge < -0.3 is 9.91 Å². The minimum Gasteiger partial charge on any atom is -0.376 e. The molecule has 90 valence electrons.